The van der Waals surface area contributed by atoms with Gasteiger partial charge in [-0.25, -0.2) is 0 Å². The van der Waals surface area contributed by atoms with Gasteiger partial charge in [-0.05, 0) is 25.7 Å². The lowest BCUT2D eigenvalue weighted by atomic mass is 9.80. The highest BCUT2D eigenvalue weighted by atomic mass is 32.2. The smallest absolute Gasteiger partial charge is 0.282 e. The van der Waals surface area contributed by atoms with Gasteiger partial charge in [0.05, 0.1) is 0 Å². The SMILES string of the molecule is CCN(CC)S(=O)(=O)N1CCCCC1C1CCCCC1=O. The summed E-state index contributed by atoms with van der Waals surface area (Å²) in [5.41, 5.74) is 0. The molecule has 2 unspecified atom stereocenters. The van der Waals surface area contributed by atoms with E-state index in [0.29, 0.717) is 26.1 Å². The lowest BCUT2D eigenvalue weighted by Gasteiger charge is -2.41. The summed E-state index contributed by atoms with van der Waals surface area (Å²) in [6.45, 7) is 5.27. The predicted octanol–water partition coefficient (Wildman–Crippen LogP) is 2.19. The Kier molecular flexibility index (Phi) is 5.80. The first-order valence-corrected chi connectivity index (χ1v) is 9.71. The largest absolute Gasteiger partial charge is 0.299 e. The Morgan fingerprint density at radius 3 is 2.38 bits per heavy atom. The van der Waals surface area contributed by atoms with Gasteiger partial charge in [-0.3, -0.25) is 4.79 Å². The zero-order chi connectivity index (χ0) is 15.5. The highest BCUT2D eigenvalue weighted by molar-refractivity contribution is 7.86. The van der Waals surface area contributed by atoms with E-state index in [1.165, 1.54) is 4.31 Å². The first kappa shape index (κ1) is 16.9. The highest BCUT2D eigenvalue weighted by Crippen LogP contribution is 2.33. The molecule has 1 aliphatic carbocycles. The van der Waals surface area contributed by atoms with Crippen molar-refractivity contribution in [3.63, 3.8) is 0 Å². The van der Waals surface area contributed by atoms with E-state index < -0.39 is 10.2 Å². The first-order chi connectivity index (χ1) is 10.0. The molecule has 0 spiro atoms. The molecule has 2 aliphatic rings. The third-order valence-corrected chi connectivity index (χ3v) is 7.11. The predicted molar refractivity (Wildman–Crippen MR) is 83.2 cm³/mol. The van der Waals surface area contributed by atoms with Crippen LogP contribution in [0.15, 0.2) is 0 Å². The van der Waals surface area contributed by atoms with Gasteiger partial charge in [0.25, 0.3) is 10.2 Å². The van der Waals surface area contributed by atoms with E-state index in [2.05, 4.69) is 0 Å². The van der Waals surface area contributed by atoms with Crippen molar-refractivity contribution in [3.8, 4) is 0 Å². The van der Waals surface area contributed by atoms with Gasteiger partial charge in [0, 0.05) is 38.0 Å². The molecule has 1 heterocycles. The number of carbonyl (C=O) groups excluding carboxylic acids is 1. The Balaban J connectivity index is 2.24. The summed E-state index contributed by atoms with van der Waals surface area (Å²) in [7, 11) is -3.43. The fourth-order valence-corrected chi connectivity index (χ4v) is 5.64. The van der Waals surface area contributed by atoms with Gasteiger partial charge >= 0.3 is 0 Å². The van der Waals surface area contributed by atoms with Crippen LogP contribution < -0.4 is 0 Å². The van der Waals surface area contributed by atoms with E-state index in [4.69, 9.17) is 0 Å². The van der Waals surface area contributed by atoms with Crippen LogP contribution in [0.4, 0.5) is 0 Å². The summed E-state index contributed by atoms with van der Waals surface area (Å²) in [6, 6.07) is -0.114. The van der Waals surface area contributed by atoms with Crippen LogP contribution >= 0.6 is 0 Å². The highest BCUT2D eigenvalue weighted by Gasteiger charge is 2.42. The van der Waals surface area contributed by atoms with Crippen molar-refractivity contribution >= 4 is 16.0 Å². The molecule has 2 fully saturated rings. The standard InChI is InChI=1S/C15H28N2O3S/c1-3-16(4-2)21(19,20)17-12-8-7-10-14(17)13-9-5-6-11-15(13)18/h13-14H,3-12H2,1-2H3. The van der Waals surface area contributed by atoms with Gasteiger partial charge in [0.2, 0.25) is 0 Å². The normalized spacial score (nSPS) is 29.0. The number of piperidine rings is 1. The van der Waals surface area contributed by atoms with Gasteiger partial charge in [0.1, 0.15) is 5.78 Å². The minimum atomic E-state index is -3.43. The van der Waals surface area contributed by atoms with E-state index in [9.17, 15) is 13.2 Å². The third-order valence-electron chi connectivity index (χ3n) is 4.89. The summed E-state index contributed by atoms with van der Waals surface area (Å²) in [5.74, 6) is 0.192. The summed E-state index contributed by atoms with van der Waals surface area (Å²) in [4.78, 5) is 12.2. The van der Waals surface area contributed by atoms with Gasteiger partial charge in [0.15, 0.2) is 0 Å². The van der Waals surface area contributed by atoms with E-state index in [0.717, 1.165) is 38.5 Å². The topological polar surface area (TPSA) is 57.7 Å². The quantitative estimate of drug-likeness (QED) is 0.781. The van der Waals surface area contributed by atoms with Crippen molar-refractivity contribution in [1.29, 1.82) is 0 Å². The van der Waals surface area contributed by atoms with Crippen molar-refractivity contribution in [2.24, 2.45) is 5.92 Å². The molecular weight excluding hydrogens is 288 g/mol. The Bertz CT molecular complexity index is 460. The molecule has 1 aliphatic heterocycles. The number of ketones is 1. The zero-order valence-corrected chi connectivity index (χ0v) is 14.1. The zero-order valence-electron chi connectivity index (χ0n) is 13.3. The molecule has 0 bridgehead atoms. The Morgan fingerprint density at radius 1 is 1.10 bits per heavy atom. The molecule has 0 N–H and O–H groups in total. The van der Waals surface area contributed by atoms with Gasteiger partial charge in [-0.1, -0.05) is 26.7 Å². The lowest BCUT2D eigenvalue weighted by Crippen LogP contribution is -2.54. The van der Waals surface area contributed by atoms with Crippen molar-refractivity contribution in [2.75, 3.05) is 19.6 Å². The number of hydrogen-bond acceptors (Lipinski definition) is 3. The monoisotopic (exact) mass is 316 g/mol. The van der Waals surface area contributed by atoms with Gasteiger partial charge in [-0.15, -0.1) is 0 Å². The van der Waals surface area contributed by atoms with Crippen LogP contribution in [0.2, 0.25) is 0 Å². The molecule has 2 atom stereocenters. The summed E-state index contributed by atoms with van der Waals surface area (Å²) < 4.78 is 28.8. The molecule has 0 radical (unpaired) electrons. The average molecular weight is 316 g/mol. The molecule has 5 nitrogen and oxygen atoms in total. The van der Waals surface area contributed by atoms with Gasteiger partial charge < -0.3 is 0 Å². The average Bonchev–Trinajstić information content (AvgIpc) is 2.49. The molecule has 0 aromatic carbocycles. The minimum Gasteiger partial charge on any atom is -0.299 e. The van der Waals surface area contributed by atoms with Crippen LogP contribution in [0, 0.1) is 5.92 Å². The van der Waals surface area contributed by atoms with Crippen molar-refractivity contribution < 1.29 is 13.2 Å². The van der Waals surface area contributed by atoms with Crippen LogP contribution in [-0.4, -0.2) is 48.5 Å². The van der Waals surface area contributed by atoms with E-state index in [-0.39, 0.29) is 17.7 Å². The number of Topliss-reactive ketones (excluding diaryl/α,β-unsaturated/α-hetero) is 1. The van der Waals surface area contributed by atoms with E-state index in [1.54, 1.807) is 4.31 Å². The second-order valence-electron chi connectivity index (χ2n) is 6.08. The molecule has 1 saturated heterocycles. The maximum Gasteiger partial charge on any atom is 0.282 e. The molecule has 21 heavy (non-hydrogen) atoms. The van der Waals surface area contributed by atoms with Crippen LogP contribution in [0.25, 0.3) is 0 Å². The van der Waals surface area contributed by atoms with Crippen LogP contribution in [-0.2, 0) is 15.0 Å². The maximum absolute atomic E-state index is 12.8. The van der Waals surface area contributed by atoms with Gasteiger partial charge in [-0.2, -0.15) is 17.0 Å². The van der Waals surface area contributed by atoms with Crippen LogP contribution in [0.5, 0.6) is 0 Å². The number of nitrogens with zero attached hydrogens (tertiary/aromatic N) is 2. The fraction of sp³-hybridized carbons (Fsp3) is 0.933. The van der Waals surface area contributed by atoms with E-state index >= 15 is 0 Å². The number of hydrogen-bond donors (Lipinski definition) is 0. The second-order valence-corrected chi connectivity index (χ2v) is 7.97. The third kappa shape index (κ3) is 3.48. The number of carbonyl (C=O) groups is 1. The molecule has 1 saturated carbocycles. The van der Waals surface area contributed by atoms with Crippen LogP contribution in [0.3, 0.4) is 0 Å². The van der Waals surface area contributed by atoms with Crippen molar-refractivity contribution in [2.45, 2.75) is 64.8 Å². The number of rotatable bonds is 5. The molecule has 6 heteroatoms. The molecule has 2 rings (SSSR count). The molecular formula is C15H28N2O3S. The summed E-state index contributed by atoms with van der Waals surface area (Å²) in [5, 5.41) is 0. The lowest BCUT2D eigenvalue weighted by molar-refractivity contribution is -0.126. The Labute approximate surface area is 128 Å². The van der Waals surface area contributed by atoms with E-state index in [1.807, 2.05) is 13.8 Å². The Hall–Kier alpha value is -0.460. The molecule has 122 valence electrons. The molecule has 0 amide bonds. The summed E-state index contributed by atoms with van der Waals surface area (Å²) >= 11 is 0. The van der Waals surface area contributed by atoms with Crippen LogP contribution in [0.1, 0.15) is 58.8 Å². The minimum absolute atomic E-state index is 0.0793. The molecule has 0 aromatic rings. The first-order valence-electron chi connectivity index (χ1n) is 8.32. The molecule has 0 aromatic heterocycles. The maximum atomic E-state index is 12.8. The van der Waals surface area contributed by atoms with Crippen molar-refractivity contribution in [3.05, 3.63) is 0 Å². The second kappa shape index (κ2) is 7.20. The Morgan fingerprint density at radius 2 is 1.76 bits per heavy atom. The fourth-order valence-electron chi connectivity index (χ4n) is 3.73. The summed E-state index contributed by atoms with van der Waals surface area (Å²) in [6.07, 6.45) is 6.25. The van der Waals surface area contributed by atoms with Crippen molar-refractivity contribution in [1.82, 2.24) is 8.61 Å².